The molecule has 1 aromatic carbocycles. The molecule has 1 radical (unpaired) electrons. The van der Waals surface area contributed by atoms with E-state index in [-0.39, 0.29) is 0 Å². The van der Waals surface area contributed by atoms with Gasteiger partial charge in [0.2, 0.25) is 5.75 Å². The van der Waals surface area contributed by atoms with Gasteiger partial charge in [0.1, 0.15) is 0 Å². The van der Waals surface area contributed by atoms with Gasteiger partial charge in [-0.15, -0.1) is 0 Å². The van der Waals surface area contributed by atoms with Crippen molar-refractivity contribution in [1.82, 2.24) is 0 Å². The van der Waals surface area contributed by atoms with E-state index in [1.54, 1.807) is 0 Å². The molecule has 0 atom stereocenters. The second kappa shape index (κ2) is 36.9. The van der Waals surface area contributed by atoms with Crippen molar-refractivity contribution in [2.45, 2.75) is 233 Å². The SMILES string of the molecule is CCCCCCCCCCCCCOc1c[c]cc(OCCCCCCCCCCCCC)c1OCCCCCCCCCCCCC. The Balaban J connectivity index is 2.37. The molecule has 3 nitrogen and oxygen atoms in total. The molecule has 0 spiro atoms. The van der Waals surface area contributed by atoms with Crippen molar-refractivity contribution < 1.29 is 14.2 Å². The zero-order valence-corrected chi connectivity index (χ0v) is 32.8. The summed E-state index contributed by atoms with van der Waals surface area (Å²) in [4.78, 5) is 0. The van der Waals surface area contributed by atoms with E-state index in [1.807, 2.05) is 12.1 Å². The lowest BCUT2D eigenvalue weighted by Gasteiger charge is -2.17. The molecular weight excluding hydrogens is 588 g/mol. The van der Waals surface area contributed by atoms with Crippen molar-refractivity contribution in [3.05, 3.63) is 18.2 Å². The van der Waals surface area contributed by atoms with Crippen LogP contribution in [0.25, 0.3) is 0 Å². The van der Waals surface area contributed by atoms with E-state index >= 15 is 0 Å². The summed E-state index contributed by atoms with van der Waals surface area (Å²) in [5, 5.41) is 0. The molecule has 3 heteroatoms. The maximum Gasteiger partial charge on any atom is 0.203 e. The minimum absolute atomic E-state index is 0.727. The lowest BCUT2D eigenvalue weighted by Crippen LogP contribution is -2.06. The fourth-order valence-corrected chi connectivity index (χ4v) is 6.64. The van der Waals surface area contributed by atoms with Crippen LogP contribution in [0.2, 0.25) is 0 Å². The smallest absolute Gasteiger partial charge is 0.203 e. The lowest BCUT2D eigenvalue weighted by molar-refractivity contribution is 0.234. The molecular formula is C45H83O3. The highest BCUT2D eigenvalue weighted by atomic mass is 16.5. The summed E-state index contributed by atoms with van der Waals surface area (Å²) in [5.41, 5.74) is 0. The normalized spacial score (nSPS) is 11.3. The molecule has 1 rings (SSSR count). The molecule has 0 unspecified atom stereocenters. The van der Waals surface area contributed by atoms with Crippen molar-refractivity contribution in [2.75, 3.05) is 19.8 Å². The highest BCUT2D eigenvalue weighted by molar-refractivity contribution is 5.50. The summed E-state index contributed by atoms with van der Waals surface area (Å²) < 4.78 is 19.0. The van der Waals surface area contributed by atoms with Crippen molar-refractivity contribution in [3.63, 3.8) is 0 Å². The monoisotopic (exact) mass is 672 g/mol. The second-order valence-corrected chi connectivity index (χ2v) is 14.7. The molecule has 0 amide bonds. The summed E-state index contributed by atoms with van der Waals surface area (Å²) in [6.45, 7) is 9.08. The van der Waals surface area contributed by atoms with Crippen LogP contribution in [0.15, 0.2) is 12.1 Å². The molecule has 1 aromatic rings. The van der Waals surface area contributed by atoms with Gasteiger partial charge in [-0.05, 0) is 37.5 Å². The molecule has 0 saturated heterocycles. The van der Waals surface area contributed by atoms with E-state index in [2.05, 4.69) is 26.8 Å². The molecule has 0 saturated carbocycles. The molecule has 0 aliphatic carbocycles. The summed E-state index contributed by atoms with van der Waals surface area (Å²) >= 11 is 0. The zero-order chi connectivity index (χ0) is 34.4. The molecule has 48 heavy (non-hydrogen) atoms. The summed E-state index contributed by atoms with van der Waals surface area (Å²) in [5.74, 6) is 2.41. The summed E-state index contributed by atoms with van der Waals surface area (Å²) in [6, 6.07) is 7.17. The minimum atomic E-state index is 0.727. The molecule has 0 fully saturated rings. The Morgan fingerprint density at radius 3 is 0.812 bits per heavy atom. The molecule has 0 aliphatic rings. The first-order valence-corrected chi connectivity index (χ1v) is 21.8. The Labute approximate surface area is 301 Å². The maximum atomic E-state index is 6.40. The molecule has 0 aliphatic heterocycles. The third-order valence-electron chi connectivity index (χ3n) is 9.88. The first-order valence-electron chi connectivity index (χ1n) is 21.8. The number of benzene rings is 1. The first-order chi connectivity index (χ1) is 23.8. The van der Waals surface area contributed by atoms with Gasteiger partial charge in [0.05, 0.1) is 19.8 Å². The van der Waals surface area contributed by atoms with Gasteiger partial charge in [-0.3, -0.25) is 0 Å². The highest BCUT2D eigenvalue weighted by Gasteiger charge is 2.13. The van der Waals surface area contributed by atoms with Gasteiger partial charge in [-0.1, -0.05) is 213 Å². The quantitative estimate of drug-likeness (QED) is 0.0652. The number of rotatable bonds is 39. The number of ether oxygens (including phenoxy) is 3. The Bertz CT molecular complexity index is 716. The third-order valence-corrected chi connectivity index (χ3v) is 9.88. The molecule has 0 N–H and O–H groups in total. The van der Waals surface area contributed by atoms with Crippen LogP contribution in [0.5, 0.6) is 17.2 Å². The van der Waals surface area contributed by atoms with E-state index in [0.29, 0.717) is 0 Å². The Kier molecular flexibility index (Phi) is 34.3. The standard InChI is InChI=1S/C45H83O3/c1-4-7-10-13-16-19-22-25-28-31-34-40-46-43-38-37-39-44(47-41-35-32-29-26-23-20-17-14-11-8-5-2)45(43)48-42-36-33-30-27-24-21-18-15-12-9-6-3/h38-39H,4-36,40-42H2,1-3H3. The van der Waals surface area contributed by atoms with Crippen LogP contribution < -0.4 is 14.2 Å². The van der Waals surface area contributed by atoms with Gasteiger partial charge in [0, 0.05) is 0 Å². The van der Waals surface area contributed by atoms with Crippen molar-refractivity contribution >= 4 is 0 Å². The topological polar surface area (TPSA) is 27.7 Å². The van der Waals surface area contributed by atoms with Crippen LogP contribution in [-0.4, -0.2) is 19.8 Å². The van der Waals surface area contributed by atoms with Crippen molar-refractivity contribution in [2.24, 2.45) is 0 Å². The number of hydrogen-bond acceptors (Lipinski definition) is 3. The molecule has 0 heterocycles. The molecule has 0 bridgehead atoms. The van der Waals surface area contributed by atoms with Gasteiger partial charge in [0.25, 0.3) is 0 Å². The zero-order valence-electron chi connectivity index (χ0n) is 32.8. The van der Waals surface area contributed by atoms with E-state index in [4.69, 9.17) is 14.2 Å². The van der Waals surface area contributed by atoms with Gasteiger partial charge in [0.15, 0.2) is 11.5 Å². The average molecular weight is 672 g/mol. The van der Waals surface area contributed by atoms with Crippen LogP contribution in [0, 0.1) is 6.07 Å². The Hall–Kier alpha value is -1.38. The Morgan fingerprint density at radius 1 is 0.312 bits per heavy atom. The molecule has 281 valence electrons. The van der Waals surface area contributed by atoms with Crippen molar-refractivity contribution in [3.8, 4) is 17.2 Å². The summed E-state index contributed by atoms with van der Waals surface area (Å²) in [6.07, 6.45) is 44.4. The fraction of sp³-hybridized carbons (Fsp3) is 0.867. The van der Waals surface area contributed by atoms with Crippen LogP contribution in [0.1, 0.15) is 233 Å². The predicted octanol–water partition coefficient (Wildman–Crippen LogP) is 15.6. The van der Waals surface area contributed by atoms with Crippen LogP contribution in [0.3, 0.4) is 0 Å². The second-order valence-electron chi connectivity index (χ2n) is 14.7. The van der Waals surface area contributed by atoms with Crippen LogP contribution in [-0.2, 0) is 0 Å². The third kappa shape index (κ3) is 28.5. The van der Waals surface area contributed by atoms with E-state index in [1.165, 1.54) is 193 Å². The van der Waals surface area contributed by atoms with Gasteiger partial charge >= 0.3 is 0 Å². The Morgan fingerprint density at radius 2 is 0.542 bits per heavy atom. The van der Waals surface area contributed by atoms with Crippen molar-refractivity contribution in [1.29, 1.82) is 0 Å². The predicted molar refractivity (Wildman–Crippen MR) is 211 cm³/mol. The summed E-state index contributed by atoms with van der Waals surface area (Å²) in [7, 11) is 0. The fourth-order valence-electron chi connectivity index (χ4n) is 6.64. The lowest BCUT2D eigenvalue weighted by atomic mass is 10.1. The van der Waals surface area contributed by atoms with Crippen LogP contribution >= 0.6 is 0 Å². The molecule has 0 aromatic heterocycles. The van der Waals surface area contributed by atoms with Gasteiger partial charge in [-0.2, -0.15) is 0 Å². The van der Waals surface area contributed by atoms with Gasteiger partial charge in [-0.25, -0.2) is 0 Å². The van der Waals surface area contributed by atoms with E-state index < -0.39 is 0 Å². The largest absolute Gasteiger partial charge is 0.490 e. The number of unbranched alkanes of at least 4 members (excludes halogenated alkanes) is 30. The van der Waals surface area contributed by atoms with E-state index in [0.717, 1.165) is 56.3 Å². The van der Waals surface area contributed by atoms with Gasteiger partial charge < -0.3 is 14.2 Å². The maximum absolute atomic E-state index is 6.40. The van der Waals surface area contributed by atoms with E-state index in [9.17, 15) is 0 Å². The first kappa shape index (κ1) is 44.6. The minimum Gasteiger partial charge on any atom is -0.490 e. The van der Waals surface area contributed by atoms with Crippen LogP contribution in [0.4, 0.5) is 0 Å². The average Bonchev–Trinajstić information content (AvgIpc) is 3.10. The number of hydrogen-bond donors (Lipinski definition) is 0. The highest BCUT2D eigenvalue weighted by Crippen LogP contribution is 2.37.